The molecule has 26 heavy (non-hydrogen) atoms. The van der Waals surface area contributed by atoms with Crippen molar-refractivity contribution < 1.29 is 19.0 Å². The molecule has 140 valence electrons. The molecule has 0 bridgehead atoms. The highest BCUT2D eigenvalue weighted by molar-refractivity contribution is 5.95. The number of ether oxygens (including phenoxy) is 3. The smallest absolute Gasteiger partial charge is 0.265 e. The Balaban J connectivity index is 2.15. The van der Waals surface area contributed by atoms with Crippen LogP contribution in [0.25, 0.3) is 0 Å². The van der Waals surface area contributed by atoms with Gasteiger partial charge in [0.1, 0.15) is 17.2 Å². The minimum atomic E-state index is -0.652. The Kier molecular flexibility index (Phi) is 6.50. The Morgan fingerprint density at radius 3 is 2.31 bits per heavy atom. The summed E-state index contributed by atoms with van der Waals surface area (Å²) in [5, 5.41) is 2.85. The molecule has 1 amide bonds. The Morgan fingerprint density at radius 2 is 1.69 bits per heavy atom. The number of hydrogen-bond donors (Lipinski definition) is 1. The van der Waals surface area contributed by atoms with Gasteiger partial charge in [-0.25, -0.2) is 0 Å². The highest BCUT2D eigenvalue weighted by Crippen LogP contribution is 2.30. The fraction of sp³-hybridized carbons (Fsp3) is 0.381. The summed E-state index contributed by atoms with van der Waals surface area (Å²) in [5.41, 5.74) is 2.74. The van der Waals surface area contributed by atoms with Crippen LogP contribution in [0.2, 0.25) is 0 Å². The number of benzene rings is 2. The fourth-order valence-corrected chi connectivity index (χ4v) is 2.60. The van der Waals surface area contributed by atoms with Gasteiger partial charge in [0.25, 0.3) is 5.91 Å². The molecule has 0 aliphatic carbocycles. The van der Waals surface area contributed by atoms with Crippen molar-refractivity contribution in [1.82, 2.24) is 0 Å². The van der Waals surface area contributed by atoms with Crippen LogP contribution in [0.4, 0.5) is 5.69 Å². The second-order valence-corrected chi connectivity index (χ2v) is 6.51. The average Bonchev–Trinajstić information content (AvgIpc) is 2.61. The first kappa shape index (κ1) is 19.6. The molecule has 0 aliphatic heterocycles. The number of amides is 1. The summed E-state index contributed by atoms with van der Waals surface area (Å²) >= 11 is 0. The van der Waals surface area contributed by atoms with E-state index in [1.54, 1.807) is 39.3 Å². The molecule has 0 spiro atoms. The number of rotatable bonds is 7. The van der Waals surface area contributed by atoms with Crippen LogP contribution < -0.4 is 19.5 Å². The third-order valence-corrected chi connectivity index (χ3v) is 4.13. The molecule has 1 atom stereocenters. The topological polar surface area (TPSA) is 56.8 Å². The van der Waals surface area contributed by atoms with Crippen LogP contribution in [0.5, 0.6) is 17.2 Å². The van der Waals surface area contributed by atoms with E-state index in [4.69, 9.17) is 14.2 Å². The van der Waals surface area contributed by atoms with Crippen molar-refractivity contribution in [2.75, 3.05) is 19.5 Å². The Bertz CT molecular complexity index is 771. The predicted octanol–water partition coefficient (Wildman–Crippen LogP) is 4.54. The number of carbonyl (C=O) groups excluding carboxylic acids is 1. The largest absolute Gasteiger partial charge is 0.497 e. The van der Waals surface area contributed by atoms with E-state index in [0.29, 0.717) is 23.1 Å². The summed E-state index contributed by atoms with van der Waals surface area (Å²) in [5.74, 6) is 1.99. The molecule has 0 radical (unpaired) electrons. The molecule has 0 saturated heterocycles. The monoisotopic (exact) mass is 357 g/mol. The van der Waals surface area contributed by atoms with Crippen molar-refractivity contribution in [3.8, 4) is 17.2 Å². The van der Waals surface area contributed by atoms with Crippen molar-refractivity contribution in [2.24, 2.45) is 0 Å². The number of nitrogens with one attached hydrogen (secondary N) is 1. The fourth-order valence-electron chi connectivity index (χ4n) is 2.60. The van der Waals surface area contributed by atoms with Crippen LogP contribution in [0.1, 0.15) is 37.8 Å². The first-order chi connectivity index (χ1) is 12.3. The molecule has 0 fully saturated rings. The van der Waals surface area contributed by atoms with Crippen molar-refractivity contribution in [1.29, 1.82) is 0 Å². The van der Waals surface area contributed by atoms with E-state index in [-0.39, 0.29) is 5.91 Å². The van der Waals surface area contributed by atoms with Gasteiger partial charge in [-0.2, -0.15) is 0 Å². The minimum Gasteiger partial charge on any atom is -0.497 e. The van der Waals surface area contributed by atoms with Gasteiger partial charge in [-0.05, 0) is 49.1 Å². The van der Waals surface area contributed by atoms with Gasteiger partial charge in [-0.1, -0.05) is 26.0 Å². The molecule has 0 heterocycles. The van der Waals surface area contributed by atoms with Gasteiger partial charge >= 0.3 is 0 Å². The number of carbonyl (C=O) groups is 1. The van der Waals surface area contributed by atoms with Crippen LogP contribution in [0, 0.1) is 6.92 Å². The molecule has 2 rings (SSSR count). The lowest BCUT2D eigenvalue weighted by Crippen LogP contribution is -2.30. The number of hydrogen-bond acceptors (Lipinski definition) is 4. The standard InChI is InChI=1S/C21H27NO4/c1-13(2)17-9-7-14(3)11-19(17)26-15(4)21(23)22-18-10-8-16(24-5)12-20(18)25-6/h7-13,15H,1-6H3,(H,22,23)/t15-/m0/s1. The molecule has 5 nitrogen and oxygen atoms in total. The molecule has 0 aliphatic rings. The van der Waals surface area contributed by atoms with Crippen LogP contribution >= 0.6 is 0 Å². The lowest BCUT2D eigenvalue weighted by molar-refractivity contribution is -0.122. The Labute approximate surface area is 155 Å². The van der Waals surface area contributed by atoms with Crippen LogP contribution in [-0.2, 0) is 4.79 Å². The van der Waals surface area contributed by atoms with E-state index in [9.17, 15) is 4.79 Å². The normalized spacial score (nSPS) is 11.8. The second kappa shape index (κ2) is 8.61. The van der Waals surface area contributed by atoms with E-state index >= 15 is 0 Å². The van der Waals surface area contributed by atoms with Crippen molar-refractivity contribution in [2.45, 2.75) is 39.7 Å². The maximum absolute atomic E-state index is 12.6. The molecule has 1 N–H and O–H groups in total. The van der Waals surface area contributed by atoms with Gasteiger partial charge < -0.3 is 19.5 Å². The molecule has 0 aromatic heterocycles. The van der Waals surface area contributed by atoms with E-state index in [1.165, 1.54) is 0 Å². The summed E-state index contributed by atoms with van der Waals surface area (Å²) < 4.78 is 16.5. The van der Waals surface area contributed by atoms with Crippen molar-refractivity contribution in [3.63, 3.8) is 0 Å². The Hall–Kier alpha value is -2.69. The van der Waals surface area contributed by atoms with Gasteiger partial charge in [0, 0.05) is 6.07 Å². The molecular weight excluding hydrogens is 330 g/mol. The van der Waals surface area contributed by atoms with E-state index in [1.807, 2.05) is 19.1 Å². The third-order valence-electron chi connectivity index (χ3n) is 4.13. The predicted molar refractivity (Wildman–Crippen MR) is 104 cm³/mol. The zero-order valence-corrected chi connectivity index (χ0v) is 16.3. The summed E-state index contributed by atoms with van der Waals surface area (Å²) in [6.45, 7) is 7.94. The Morgan fingerprint density at radius 1 is 0.962 bits per heavy atom. The van der Waals surface area contributed by atoms with Crippen LogP contribution in [-0.4, -0.2) is 26.2 Å². The lowest BCUT2D eigenvalue weighted by atomic mass is 10.0. The van der Waals surface area contributed by atoms with E-state index < -0.39 is 6.10 Å². The highest BCUT2D eigenvalue weighted by atomic mass is 16.5. The molecule has 0 unspecified atom stereocenters. The van der Waals surface area contributed by atoms with Crippen molar-refractivity contribution in [3.05, 3.63) is 47.5 Å². The van der Waals surface area contributed by atoms with Gasteiger partial charge in [0.2, 0.25) is 0 Å². The zero-order chi connectivity index (χ0) is 19.3. The van der Waals surface area contributed by atoms with Gasteiger partial charge in [0.15, 0.2) is 6.10 Å². The van der Waals surface area contributed by atoms with Gasteiger partial charge in [0.05, 0.1) is 19.9 Å². The molecular formula is C21H27NO4. The lowest BCUT2D eigenvalue weighted by Gasteiger charge is -2.20. The summed E-state index contributed by atoms with van der Waals surface area (Å²) in [6.07, 6.45) is -0.652. The maximum atomic E-state index is 12.6. The second-order valence-electron chi connectivity index (χ2n) is 6.51. The molecule has 5 heteroatoms. The van der Waals surface area contributed by atoms with Crippen molar-refractivity contribution >= 4 is 11.6 Å². The first-order valence-corrected chi connectivity index (χ1v) is 8.65. The molecule has 2 aromatic carbocycles. The minimum absolute atomic E-state index is 0.246. The van der Waals surface area contributed by atoms with Gasteiger partial charge in [-0.15, -0.1) is 0 Å². The average molecular weight is 357 g/mol. The van der Waals surface area contributed by atoms with E-state index in [0.717, 1.165) is 16.9 Å². The summed E-state index contributed by atoms with van der Waals surface area (Å²) in [4.78, 5) is 12.6. The van der Waals surface area contributed by atoms with Gasteiger partial charge in [-0.3, -0.25) is 4.79 Å². The maximum Gasteiger partial charge on any atom is 0.265 e. The molecule has 2 aromatic rings. The number of aryl methyl sites for hydroxylation is 1. The number of methoxy groups -OCH3 is 2. The summed E-state index contributed by atoms with van der Waals surface area (Å²) in [6, 6.07) is 11.3. The quantitative estimate of drug-likeness (QED) is 0.790. The molecule has 0 saturated carbocycles. The first-order valence-electron chi connectivity index (χ1n) is 8.65. The zero-order valence-electron chi connectivity index (χ0n) is 16.3. The van der Waals surface area contributed by atoms with Crippen LogP contribution in [0.3, 0.4) is 0 Å². The summed E-state index contributed by atoms with van der Waals surface area (Å²) in [7, 11) is 3.13. The highest BCUT2D eigenvalue weighted by Gasteiger charge is 2.19. The number of anilines is 1. The SMILES string of the molecule is COc1ccc(NC(=O)[C@H](C)Oc2cc(C)ccc2C(C)C)c(OC)c1. The van der Waals surface area contributed by atoms with E-state index in [2.05, 4.69) is 25.2 Å². The third kappa shape index (κ3) is 4.69. The van der Waals surface area contributed by atoms with Crippen LogP contribution in [0.15, 0.2) is 36.4 Å².